The average molecular weight is 490 g/mol. The fraction of sp³-hybridized carbons (Fsp3) is 0.458. The Bertz CT molecular complexity index is 1320. The molecule has 0 amide bonds. The SMILES string of the molecule is CC1=Nc2c(Nc3ccc(C4CCCO4)cc3S(C)(=O)=O)cc(CC(=O)[C@H]3CC3(F)F)nc2C1. The Hall–Kier alpha value is -2.72. The van der Waals surface area contributed by atoms with Crippen LogP contribution in [0.2, 0.25) is 0 Å². The van der Waals surface area contributed by atoms with E-state index in [4.69, 9.17) is 4.74 Å². The summed E-state index contributed by atoms with van der Waals surface area (Å²) in [6.45, 7) is 2.49. The molecule has 1 N–H and O–H groups in total. The van der Waals surface area contributed by atoms with Gasteiger partial charge in [-0.25, -0.2) is 17.2 Å². The molecule has 0 bridgehead atoms. The number of carbonyl (C=O) groups excluding carboxylic acids is 1. The Kier molecular flexibility index (Phi) is 5.55. The summed E-state index contributed by atoms with van der Waals surface area (Å²) in [6.07, 6.45) is 2.61. The summed E-state index contributed by atoms with van der Waals surface area (Å²) in [5.41, 5.74) is 4.02. The molecule has 2 aromatic rings. The first-order valence-electron chi connectivity index (χ1n) is 11.2. The van der Waals surface area contributed by atoms with E-state index in [-0.39, 0.29) is 17.4 Å². The van der Waals surface area contributed by atoms with Crippen molar-refractivity contribution < 1.29 is 26.7 Å². The van der Waals surface area contributed by atoms with Crippen molar-refractivity contribution in [2.45, 2.75) is 55.9 Å². The van der Waals surface area contributed by atoms with Crippen molar-refractivity contribution in [3.05, 3.63) is 41.2 Å². The minimum Gasteiger partial charge on any atom is -0.374 e. The highest BCUT2D eigenvalue weighted by atomic mass is 32.2. The summed E-state index contributed by atoms with van der Waals surface area (Å²) in [7, 11) is -3.58. The van der Waals surface area contributed by atoms with Crippen LogP contribution < -0.4 is 5.32 Å². The van der Waals surface area contributed by atoms with Gasteiger partial charge in [0.15, 0.2) is 9.84 Å². The molecule has 1 aliphatic carbocycles. The molecule has 180 valence electrons. The van der Waals surface area contributed by atoms with Crippen LogP contribution in [0.5, 0.6) is 0 Å². The molecule has 7 nitrogen and oxygen atoms in total. The minimum absolute atomic E-state index is 0.125. The molecule has 1 saturated heterocycles. The van der Waals surface area contributed by atoms with Gasteiger partial charge in [0.05, 0.1) is 39.7 Å². The van der Waals surface area contributed by atoms with Crippen LogP contribution >= 0.6 is 0 Å². The van der Waals surface area contributed by atoms with Crippen LogP contribution in [-0.2, 0) is 32.2 Å². The fourth-order valence-corrected chi connectivity index (χ4v) is 5.42. The molecule has 1 aromatic heterocycles. The van der Waals surface area contributed by atoms with E-state index in [0.717, 1.165) is 30.4 Å². The Morgan fingerprint density at radius 2 is 2.03 bits per heavy atom. The number of Topliss-reactive ketones (excluding diaryl/α,β-unsaturated/α-hetero) is 1. The molecule has 2 fully saturated rings. The number of hydrogen-bond acceptors (Lipinski definition) is 7. The van der Waals surface area contributed by atoms with Gasteiger partial charge in [-0.3, -0.25) is 14.8 Å². The summed E-state index contributed by atoms with van der Waals surface area (Å²) < 4.78 is 57.6. The molecular formula is C24H25F2N3O4S. The lowest BCUT2D eigenvalue weighted by Gasteiger charge is -2.17. The van der Waals surface area contributed by atoms with E-state index < -0.39 is 33.9 Å². The van der Waals surface area contributed by atoms with Crippen LogP contribution in [0, 0.1) is 5.92 Å². The predicted molar refractivity (Wildman–Crippen MR) is 123 cm³/mol. The average Bonchev–Trinajstić information content (AvgIpc) is 3.12. The number of nitrogens with zero attached hydrogens (tertiary/aromatic N) is 2. The van der Waals surface area contributed by atoms with Gasteiger partial charge in [-0.1, -0.05) is 6.07 Å². The molecule has 34 heavy (non-hydrogen) atoms. The molecule has 0 spiro atoms. The second kappa shape index (κ2) is 8.20. The highest BCUT2D eigenvalue weighted by Crippen LogP contribution is 2.49. The lowest BCUT2D eigenvalue weighted by molar-refractivity contribution is -0.121. The molecule has 1 saturated carbocycles. The van der Waals surface area contributed by atoms with Crippen molar-refractivity contribution in [1.82, 2.24) is 4.98 Å². The molecule has 1 aromatic carbocycles. The zero-order valence-corrected chi connectivity index (χ0v) is 19.7. The molecule has 3 heterocycles. The quantitative estimate of drug-likeness (QED) is 0.615. The second-order valence-electron chi connectivity index (χ2n) is 9.30. The summed E-state index contributed by atoms with van der Waals surface area (Å²) in [4.78, 5) is 21.5. The number of alkyl halides is 2. The zero-order chi connectivity index (χ0) is 24.3. The Morgan fingerprint density at radius 3 is 2.68 bits per heavy atom. The van der Waals surface area contributed by atoms with Gasteiger partial charge in [0, 0.05) is 37.8 Å². The van der Waals surface area contributed by atoms with E-state index in [1.165, 1.54) is 0 Å². The number of pyridine rings is 1. The van der Waals surface area contributed by atoms with E-state index in [1.807, 2.05) is 13.0 Å². The smallest absolute Gasteiger partial charge is 0.258 e. The van der Waals surface area contributed by atoms with E-state index in [2.05, 4.69) is 15.3 Å². The number of anilines is 2. The first-order valence-corrected chi connectivity index (χ1v) is 13.1. The lowest BCUT2D eigenvalue weighted by Crippen LogP contribution is -2.12. The van der Waals surface area contributed by atoms with E-state index >= 15 is 0 Å². The maximum Gasteiger partial charge on any atom is 0.258 e. The van der Waals surface area contributed by atoms with E-state index in [0.29, 0.717) is 41.5 Å². The fourth-order valence-electron chi connectivity index (χ4n) is 4.55. The van der Waals surface area contributed by atoms with E-state index in [1.54, 1.807) is 18.2 Å². The second-order valence-corrected chi connectivity index (χ2v) is 11.3. The number of rotatable bonds is 7. The molecular weight excluding hydrogens is 464 g/mol. The summed E-state index contributed by atoms with van der Waals surface area (Å²) in [5, 5.41) is 3.17. The third-order valence-electron chi connectivity index (χ3n) is 6.39. The summed E-state index contributed by atoms with van der Waals surface area (Å²) >= 11 is 0. The predicted octanol–water partition coefficient (Wildman–Crippen LogP) is 4.50. The monoisotopic (exact) mass is 489 g/mol. The molecule has 1 unspecified atom stereocenters. The molecule has 2 aliphatic heterocycles. The maximum absolute atomic E-state index is 13.4. The largest absolute Gasteiger partial charge is 0.374 e. The minimum atomic E-state index is -3.58. The Balaban J connectivity index is 1.50. The van der Waals surface area contributed by atoms with Crippen LogP contribution in [0.3, 0.4) is 0 Å². The number of aromatic nitrogens is 1. The zero-order valence-electron chi connectivity index (χ0n) is 18.9. The van der Waals surface area contributed by atoms with Crippen LogP contribution in [0.15, 0.2) is 34.2 Å². The number of halogens is 2. The first-order chi connectivity index (χ1) is 16.0. The number of fused-ring (bicyclic) bond motifs is 1. The lowest BCUT2D eigenvalue weighted by atomic mass is 10.1. The molecule has 5 rings (SSSR count). The van der Waals surface area contributed by atoms with Crippen molar-refractivity contribution >= 4 is 38.4 Å². The molecule has 3 aliphatic rings. The van der Waals surface area contributed by atoms with Gasteiger partial charge in [0.1, 0.15) is 11.5 Å². The van der Waals surface area contributed by atoms with Crippen molar-refractivity contribution in [2.24, 2.45) is 10.9 Å². The molecule has 10 heteroatoms. The van der Waals surface area contributed by atoms with Gasteiger partial charge >= 0.3 is 0 Å². The number of aliphatic imine (C=N–C) groups is 1. The maximum atomic E-state index is 13.4. The van der Waals surface area contributed by atoms with Crippen molar-refractivity contribution in [3.63, 3.8) is 0 Å². The summed E-state index contributed by atoms with van der Waals surface area (Å²) in [5.74, 6) is -4.72. The van der Waals surface area contributed by atoms with Crippen LogP contribution in [0.25, 0.3) is 0 Å². The summed E-state index contributed by atoms with van der Waals surface area (Å²) in [6, 6.07) is 6.76. The third kappa shape index (κ3) is 4.48. The molecule has 0 radical (unpaired) electrons. The van der Waals surface area contributed by atoms with Crippen LogP contribution in [-0.4, -0.2) is 43.7 Å². The van der Waals surface area contributed by atoms with Crippen molar-refractivity contribution in [2.75, 3.05) is 18.2 Å². The third-order valence-corrected chi connectivity index (χ3v) is 7.53. The number of hydrogen-bond donors (Lipinski definition) is 1. The van der Waals surface area contributed by atoms with Gasteiger partial charge < -0.3 is 10.1 Å². The highest BCUT2D eigenvalue weighted by Gasteiger charge is 2.60. The van der Waals surface area contributed by atoms with Gasteiger partial charge in [-0.15, -0.1) is 0 Å². The standard InChI is InChI=1S/C24H25F2N3O4S/c1-13-8-18-23(27-13)19(10-15(28-18)11-20(30)16-12-24(16,25)26)29-17-6-5-14(21-4-3-7-33-21)9-22(17)34(2,31)32/h5-6,9-10,16,21H,3-4,7-8,11-12H2,1-2H3,(H,28,29)/t16-,21?/m1/s1. The van der Waals surface area contributed by atoms with Gasteiger partial charge in [-0.05, 0) is 43.5 Å². The number of carbonyl (C=O) groups is 1. The number of sulfone groups is 1. The number of benzene rings is 1. The van der Waals surface area contributed by atoms with Gasteiger partial charge in [0.25, 0.3) is 5.92 Å². The topological polar surface area (TPSA) is 97.7 Å². The Morgan fingerprint density at radius 1 is 1.26 bits per heavy atom. The number of nitrogens with one attached hydrogen (secondary N) is 1. The van der Waals surface area contributed by atoms with Crippen molar-refractivity contribution in [3.8, 4) is 0 Å². The number of ether oxygens (including phenoxy) is 1. The normalized spacial score (nSPS) is 22.9. The van der Waals surface area contributed by atoms with Gasteiger partial charge in [-0.2, -0.15) is 0 Å². The molecule has 2 atom stereocenters. The van der Waals surface area contributed by atoms with E-state index in [9.17, 15) is 22.0 Å². The van der Waals surface area contributed by atoms with Gasteiger partial charge in [0.2, 0.25) is 0 Å². The van der Waals surface area contributed by atoms with Crippen LogP contribution in [0.4, 0.5) is 25.8 Å². The first kappa shape index (κ1) is 23.0. The highest BCUT2D eigenvalue weighted by molar-refractivity contribution is 7.90. The Labute approximate surface area is 196 Å². The van der Waals surface area contributed by atoms with Crippen molar-refractivity contribution in [1.29, 1.82) is 0 Å². The number of ketones is 1. The van der Waals surface area contributed by atoms with Crippen LogP contribution in [0.1, 0.15) is 49.2 Å².